The molecular formula is C82H155NO8. The van der Waals surface area contributed by atoms with Crippen molar-refractivity contribution in [3.63, 3.8) is 0 Å². The maximum Gasteiger partial charge on any atom is 0.306 e. The normalized spacial score (nSPS) is 12.8. The molecule has 9 heteroatoms. The predicted molar refractivity (Wildman–Crippen MR) is 389 cm³/mol. The standard InChI is InChI=1S/C82H155NO8/c1-6-8-10-12-14-16-18-20-22-24-26-28-30-32-34-35-36-37-38-39-40-41-42-43-44-45-47-49-51-53-55-57-59-61-63-65-67-69-71-73-80(85)91-78(77-90-82(81(86)87)88-75-74-83(3,4)5)76-89-79(84)72-70-68-66-64-62-60-58-56-54-52-50-48-46-33-31-29-27-25-23-21-19-17-15-13-11-9-7-2/h18,20,24,26,30,32,78,82H,6-17,19,21-23,25,27-29,31,33-77H2,1-5H3/b20-18-,26-24-,32-30-. The fraction of sp³-hybridized carbons (Fsp3) is 0.890. The van der Waals surface area contributed by atoms with Crippen molar-refractivity contribution >= 4 is 17.9 Å². The summed E-state index contributed by atoms with van der Waals surface area (Å²) in [4.78, 5) is 37.6. The monoisotopic (exact) mass is 1280 g/mol. The summed E-state index contributed by atoms with van der Waals surface area (Å²) in [5.41, 5.74) is 0. The number of hydrogen-bond donors (Lipinski definition) is 0. The van der Waals surface area contributed by atoms with Crippen molar-refractivity contribution in [2.24, 2.45) is 0 Å². The first-order chi connectivity index (χ1) is 44.6. The van der Waals surface area contributed by atoms with E-state index in [1.54, 1.807) is 0 Å². The number of ether oxygens (including phenoxy) is 4. The minimum atomic E-state index is -1.62. The summed E-state index contributed by atoms with van der Waals surface area (Å²) >= 11 is 0. The number of quaternary nitrogens is 1. The molecule has 91 heavy (non-hydrogen) atoms. The van der Waals surface area contributed by atoms with Gasteiger partial charge in [-0.25, -0.2) is 0 Å². The van der Waals surface area contributed by atoms with Crippen molar-refractivity contribution in [2.75, 3.05) is 47.5 Å². The van der Waals surface area contributed by atoms with Gasteiger partial charge in [-0.15, -0.1) is 0 Å². The van der Waals surface area contributed by atoms with E-state index in [1.165, 1.54) is 334 Å². The van der Waals surface area contributed by atoms with Crippen molar-refractivity contribution in [2.45, 2.75) is 424 Å². The fourth-order valence-electron chi connectivity index (χ4n) is 12.3. The smallest absolute Gasteiger partial charge is 0.306 e. The third kappa shape index (κ3) is 74.8. The lowest BCUT2D eigenvalue weighted by Crippen LogP contribution is -2.44. The van der Waals surface area contributed by atoms with Crippen LogP contribution in [0, 0.1) is 0 Å². The van der Waals surface area contributed by atoms with Crippen molar-refractivity contribution in [1.29, 1.82) is 0 Å². The lowest BCUT2D eigenvalue weighted by Gasteiger charge is -2.26. The minimum Gasteiger partial charge on any atom is -0.545 e. The van der Waals surface area contributed by atoms with Gasteiger partial charge in [0.05, 0.1) is 40.3 Å². The van der Waals surface area contributed by atoms with E-state index in [1.807, 2.05) is 21.1 Å². The van der Waals surface area contributed by atoms with Crippen molar-refractivity contribution in [3.05, 3.63) is 36.5 Å². The number of likely N-dealkylation sites (N-methyl/N-ethyl adjacent to an activating group) is 1. The Hall–Kier alpha value is -2.49. The van der Waals surface area contributed by atoms with E-state index in [0.29, 0.717) is 17.4 Å². The van der Waals surface area contributed by atoms with E-state index in [9.17, 15) is 19.5 Å². The van der Waals surface area contributed by atoms with Gasteiger partial charge in [0.2, 0.25) is 0 Å². The number of carbonyl (C=O) groups excluding carboxylic acids is 3. The van der Waals surface area contributed by atoms with Gasteiger partial charge in [0.1, 0.15) is 13.2 Å². The van der Waals surface area contributed by atoms with E-state index < -0.39 is 24.3 Å². The molecule has 0 aromatic carbocycles. The zero-order valence-electron chi connectivity index (χ0n) is 61.5. The number of nitrogens with zero attached hydrogens (tertiary/aromatic N) is 1. The van der Waals surface area contributed by atoms with Crippen molar-refractivity contribution < 1.29 is 42.9 Å². The Morgan fingerprint density at radius 2 is 0.593 bits per heavy atom. The van der Waals surface area contributed by atoms with Crippen molar-refractivity contribution in [1.82, 2.24) is 0 Å². The van der Waals surface area contributed by atoms with Gasteiger partial charge in [-0.2, -0.15) is 0 Å². The molecule has 0 bridgehead atoms. The Balaban J connectivity index is 3.95. The molecule has 0 N–H and O–H groups in total. The molecule has 0 heterocycles. The third-order valence-electron chi connectivity index (χ3n) is 18.4. The first kappa shape index (κ1) is 88.5. The molecule has 0 fully saturated rings. The lowest BCUT2D eigenvalue weighted by molar-refractivity contribution is -0.870. The molecule has 9 nitrogen and oxygen atoms in total. The number of carbonyl (C=O) groups is 3. The van der Waals surface area contributed by atoms with Gasteiger partial charge in [-0.1, -0.05) is 384 Å². The van der Waals surface area contributed by atoms with Crippen LogP contribution in [-0.2, 0) is 33.3 Å². The molecule has 0 aromatic heterocycles. The fourth-order valence-corrected chi connectivity index (χ4v) is 12.3. The van der Waals surface area contributed by atoms with Crippen LogP contribution in [0.3, 0.4) is 0 Å². The van der Waals surface area contributed by atoms with E-state index >= 15 is 0 Å². The van der Waals surface area contributed by atoms with Crippen LogP contribution in [0.1, 0.15) is 412 Å². The average molecular weight is 1280 g/mol. The Labute approximate surface area is 566 Å². The molecule has 2 unspecified atom stereocenters. The number of unbranched alkanes of at least 4 members (excludes halogenated alkanes) is 55. The van der Waals surface area contributed by atoms with Crippen molar-refractivity contribution in [3.8, 4) is 0 Å². The zero-order valence-corrected chi connectivity index (χ0v) is 61.5. The average Bonchev–Trinajstić information content (AvgIpc) is 3.46. The van der Waals surface area contributed by atoms with E-state index in [2.05, 4.69) is 50.3 Å². The van der Waals surface area contributed by atoms with Crippen LogP contribution >= 0.6 is 0 Å². The Bertz CT molecular complexity index is 1590. The highest BCUT2D eigenvalue weighted by molar-refractivity contribution is 5.70. The summed E-state index contributed by atoms with van der Waals surface area (Å²) in [5, 5.41) is 11.9. The number of hydrogen-bond acceptors (Lipinski definition) is 8. The molecule has 0 saturated carbocycles. The topological polar surface area (TPSA) is 111 Å². The second-order valence-electron chi connectivity index (χ2n) is 28.7. The molecule has 0 amide bonds. The van der Waals surface area contributed by atoms with E-state index in [-0.39, 0.29) is 32.2 Å². The lowest BCUT2D eigenvalue weighted by atomic mass is 10.0. The summed E-state index contributed by atoms with van der Waals surface area (Å²) in [6.45, 7) is 4.82. The summed E-state index contributed by atoms with van der Waals surface area (Å²) in [6.07, 6.45) is 91.3. The third-order valence-corrected chi connectivity index (χ3v) is 18.4. The molecule has 0 rings (SSSR count). The highest BCUT2D eigenvalue weighted by Crippen LogP contribution is 2.20. The first-order valence-electron chi connectivity index (χ1n) is 40.1. The van der Waals surface area contributed by atoms with Gasteiger partial charge >= 0.3 is 11.9 Å². The van der Waals surface area contributed by atoms with Gasteiger partial charge in [-0.05, 0) is 51.4 Å². The quantitative estimate of drug-likeness (QED) is 0.0195. The molecule has 0 aliphatic rings. The molecule has 0 radical (unpaired) electrons. The minimum absolute atomic E-state index is 0.152. The van der Waals surface area contributed by atoms with Crippen LogP contribution in [-0.4, -0.2) is 82.3 Å². The maximum absolute atomic E-state index is 13.0. The van der Waals surface area contributed by atoms with E-state index in [4.69, 9.17) is 18.9 Å². The first-order valence-corrected chi connectivity index (χ1v) is 40.1. The van der Waals surface area contributed by atoms with Crippen LogP contribution in [0.4, 0.5) is 0 Å². The highest BCUT2D eigenvalue weighted by Gasteiger charge is 2.22. The molecule has 0 aliphatic heterocycles. The van der Waals surface area contributed by atoms with Gasteiger partial charge in [0, 0.05) is 12.8 Å². The molecule has 0 aliphatic carbocycles. The molecule has 0 saturated heterocycles. The second kappa shape index (κ2) is 73.3. The van der Waals surface area contributed by atoms with Gasteiger partial charge in [-0.3, -0.25) is 9.59 Å². The number of rotatable bonds is 76. The van der Waals surface area contributed by atoms with Gasteiger partial charge in [0.15, 0.2) is 12.4 Å². The molecule has 0 spiro atoms. The van der Waals surface area contributed by atoms with E-state index in [0.717, 1.165) is 51.4 Å². The summed E-state index contributed by atoms with van der Waals surface area (Å²) in [7, 11) is 5.95. The summed E-state index contributed by atoms with van der Waals surface area (Å²) in [5.74, 6) is -2.25. The maximum atomic E-state index is 13.0. The molecule has 2 atom stereocenters. The van der Waals surface area contributed by atoms with Gasteiger partial charge in [0.25, 0.3) is 0 Å². The number of carboxylic acids is 1. The molecule has 0 aromatic rings. The van der Waals surface area contributed by atoms with Crippen LogP contribution in [0.15, 0.2) is 36.5 Å². The highest BCUT2D eigenvalue weighted by atomic mass is 16.7. The largest absolute Gasteiger partial charge is 0.545 e. The number of esters is 2. The Morgan fingerprint density at radius 3 is 0.879 bits per heavy atom. The zero-order chi connectivity index (χ0) is 66.1. The van der Waals surface area contributed by atoms with Crippen LogP contribution < -0.4 is 5.11 Å². The van der Waals surface area contributed by atoms with Crippen LogP contribution in [0.25, 0.3) is 0 Å². The second-order valence-corrected chi connectivity index (χ2v) is 28.7. The predicted octanol–water partition coefficient (Wildman–Crippen LogP) is 24.2. The molecule has 536 valence electrons. The Kier molecular flexibility index (Phi) is 71.3. The van der Waals surface area contributed by atoms with Gasteiger partial charge < -0.3 is 33.3 Å². The SMILES string of the molecule is CCCCCCC/C=C\C/C=C\C/C=C\CCCCCCCCCCCCCCCCCCCCCCCCCCC(=O)OC(COC(=O)CCCCCCCCCCCCCCCCCCCCCCCCCCCCC)COC(OCC[N+](C)(C)C)C(=O)[O-]. The van der Waals surface area contributed by atoms with Crippen LogP contribution in [0.2, 0.25) is 0 Å². The number of allylic oxidation sites excluding steroid dienone is 6. The Morgan fingerprint density at radius 1 is 0.330 bits per heavy atom. The number of aliphatic carboxylic acids is 1. The summed E-state index contributed by atoms with van der Waals surface area (Å²) < 4.78 is 22.9. The summed E-state index contributed by atoms with van der Waals surface area (Å²) in [6, 6.07) is 0. The van der Waals surface area contributed by atoms with Crippen LogP contribution in [0.5, 0.6) is 0 Å². The molecular weight excluding hydrogens is 1130 g/mol. The number of carboxylic acid groups (broad SMARTS) is 1.